The molecule has 2 N–H and O–H groups in total. The van der Waals surface area contributed by atoms with Crippen molar-refractivity contribution in [1.29, 1.82) is 0 Å². The third kappa shape index (κ3) is 4.14. The lowest BCUT2D eigenvalue weighted by Crippen LogP contribution is -2.53. The van der Waals surface area contributed by atoms with Crippen molar-refractivity contribution in [2.75, 3.05) is 33.3 Å². The Hall–Kier alpha value is -0.210. The van der Waals surface area contributed by atoms with Gasteiger partial charge in [0.05, 0.1) is 6.10 Å². The molecule has 1 saturated carbocycles. The van der Waals surface area contributed by atoms with Crippen LogP contribution in [0.15, 0.2) is 0 Å². The van der Waals surface area contributed by atoms with E-state index < -0.39 is 10.2 Å². The number of piperidine rings is 1. The fourth-order valence-corrected chi connectivity index (χ4v) is 4.30. The first kappa shape index (κ1) is 16.2. The second kappa shape index (κ2) is 7.17. The van der Waals surface area contributed by atoms with Crippen LogP contribution in [0.5, 0.6) is 0 Å². The van der Waals surface area contributed by atoms with Crippen molar-refractivity contribution in [1.82, 2.24) is 14.3 Å². The minimum atomic E-state index is -3.31. The van der Waals surface area contributed by atoms with Crippen molar-refractivity contribution < 1.29 is 13.2 Å². The summed E-state index contributed by atoms with van der Waals surface area (Å²) in [6.45, 7) is 5.32. The molecule has 0 aromatic rings. The van der Waals surface area contributed by atoms with E-state index in [1.807, 2.05) is 0 Å². The standard InChI is InChI=1S/C13H27N3O3S/c1-3-14-10-11-4-6-16(7-5-11)20(17,18)15-12-8-13(9-12)19-2/h11-15H,3-10H2,1-2H3. The van der Waals surface area contributed by atoms with E-state index in [-0.39, 0.29) is 12.1 Å². The molecule has 1 aliphatic heterocycles. The number of rotatable bonds is 7. The Kier molecular flexibility index (Phi) is 5.80. The van der Waals surface area contributed by atoms with Crippen LogP contribution >= 0.6 is 0 Å². The van der Waals surface area contributed by atoms with Crippen molar-refractivity contribution in [3.8, 4) is 0 Å². The summed E-state index contributed by atoms with van der Waals surface area (Å²) in [5.74, 6) is 0.600. The average Bonchev–Trinajstić information content (AvgIpc) is 2.40. The lowest BCUT2D eigenvalue weighted by Gasteiger charge is -2.37. The maximum absolute atomic E-state index is 12.3. The fourth-order valence-electron chi connectivity index (χ4n) is 2.84. The second-order valence-electron chi connectivity index (χ2n) is 5.80. The molecular weight excluding hydrogens is 278 g/mol. The van der Waals surface area contributed by atoms with Crippen LogP contribution in [0.2, 0.25) is 0 Å². The van der Waals surface area contributed by atoms with Crippen molar-refractivity contribution in [3.05, 3.63) is 0 Å². The van der Waals surface area contributed by atoms with E-state index in [9.17, 15) is 8.42 Å². The van der Waals surface area contributed by atoms with Gasteiger partial charge in [-0.3, -0.25) is 0 Å². The molecule has 0 aromatic carbocycles. The molecule has 118 valence electrons. The topological polar surface area (TPSA) is 70.7 Å². The van der Waals surface area contributed by atoms with Gasteiger partial charge in [0.15, 0.2) is 0 Å². The van der Waals surface area contributed by atoms with Crippen molar-refractivity contribution in [3.63, 3.8) is 0 Å². The van der Waals surface area contributed by atoms with Gasteiger partial charge in [-0.25, -0.2) is 0 Å². The third-order valence-electron chi connectivity index (χ3n) is 4.34. The van der Waals surface area contributed by atoms with Crippen LogP contribution in [-0.4, -0.2) is 58.2 Å². The predicted molar refractivity (Wildman–Crippen MR) is 78.7 cm³/mol. The maximum atomic E-state index is 12.3. The average molecular weight is 305 g/mol. The zero-order valence-corrected chi connectivity index (χ0v) is 13.3. The van der Waals surface area contributed by atoms with Gasteiger partial charge in [-0.1, -0.05) is 6.92 Å². The van der Waals surface area contributed by atoms with Gasteiger partial charge < -0.3 is 10.1 Å². The molecule has 6 nitrogen and oxygen atoms in total. The molecule has 0 aromatic heterocycles. The molecule has 0 radical (unpaired) electrons. The van der Waals surface area contributed by atoms with Crippen LogP contribution in [0.3, 0.4) is 0 Å². The molecule has 0 amide bonds. The van der Waals surface area contributed by atoms with Gasteiger partial charge in [0.1, 0.15) is 0 Å². The number of methoxy groups -OCH3 is 1. The minimum Gasteiger partial charge on any atom is -0.381 e. The summed E-state index contributed by atoms with van der Waals surface area (Å²) in [6.07, 6.45) is 3.67. The van der Waals surface area contributed by atoms with Crippen LogP contribution in [0, 0.1) is 5.92 Å². The summed E-state index contributed by atoms with van der Waals surface area (Å²) in [5.41, 5.74) is 0. The monoisotopic (exact) mass is 305 g/mol. The summed E-state index contributed by atoms with van der Waals surface area (Å²) in [7, 11) is -1.64. The first-order chi connectivity index (χ1) is 9.55. The van der Waals surface area contributed by atoms with E-state index in [2.05, 4.69) is 17.0 Å². The highest BCUT2D eigenvalue weighted by Gasteiger charge is 2.35. The Labute approximate surface area is 122 Å². The molecule has 2 fully saturated rings. The zero-order valence-electron chi connectivity index (χ0n) is 12.5. The van der Waals surface area contributed by atoms with E-state index in [4.69, 9.17) is 4.74 Å². The Morgan fingerprint density at radius 3 is 2.45 bits per heavy atom. The first-order valence-electron chi connectivity index (χ1n) is 7.56. The van der Waals surface area contributed by atoms with Crippen LogP contribution in [-0.2, 0) is 14.9 Å². The molecular formula is C13H27N3O3S. The number of nitrogens with one attached hydrogen (secondary N) is 2. The van der Waals surface area contributed by atoms with E-state index in [1.165, 1.54) is 0 Å². The lowest BCUT2D eigenvalue weighted by molar-refractivity contribution is 0.0231. The molecule has 0 bridgehead atoms. The van der Waals surface area contributed by atoms with Gasteiger partial charge in [-0.05, 0) is 44.7 Å². The number of hydrogen-bond acceptors (Lipinski definition) is 4. The normalized spacial score (nSPS) is 29.3. The smallest absolute Gasteiger partial charge is 0.279 e. The first-order valence-corrected chi connectivity index (χ1v) is 9.00. The molecule has 7 heteroatoms. The third-order valence-corrected chi connectivity index (χ3v) is 6.02. The zero-order chi connectivity index (χ0) is 14.6. The summed E-state index contributed by atoms with van der Waals surface area (Å²) in [4.78, 5) is 0. The maximum Gasteiger partial charge on any atom is 0.279 e. The quantitative estimate of drug-likeness (QED) is 0.711. The Morgan fingerprint density at radius 2 is 1.90 bits per heavy atom. The van der Waals surface area contributed by atoms with Crippen LogP contribution < -0.4 is 10.0 Å². The van der Waals surface area contributed by atoms with Gasteiger partial charge in [0.25, 0.3) is 10.2 Å². The van der Waals surface area contributed by atoms with Crippen molar-refractivity contribution in [2.45, 2.75) is 44.8 Å². The van der Waals surface area contributed by atoms with Gasteiger partial charge in [-0.2, -0.15) is 17.4 Å². The van der Waals surface area contributed by atoms with Gasteiger partial charge in [0.2, 0.25) is 0 Å². The van der Waals surface area contributed by atoms with E-state index in [0.717, 1.165) is 38.8 Å². The molecule has 20 heavy (non-hydrogen) atoms. The molecule has 2 aliphatic rings. The van der Waals surface area contributed by atoms with Gasteiger partial charge in [-0.15, -0.1) is 0 Å². The second-order valence-corrected chi connectivity index (χ2v) is 7.50. The summed E-state index contributed by atoms with van der Waals surface area (Å²) in [6, 6.07) is 0.0458. The molecule has 0 unspecified atom stereocenters. The summed E-state index contributed by atoms with van der Waals surface area (Å²) < 4.78 is 34.1. The minimum absolute atomic E-state index is 0.0458. The fraction of sp³-hybridized carbons (Fsp3) is 1.00. The summed E-state index contributed by atoms with van der Waals surface area (Å²) in [5, 5.41) is 3.34. The van der Waals surface area contributed by atoms with Crippen molar-refractivity contribution >= 4 is 10.2 Å². The molecule has 0 spiro atoms. The SMILES string of the molecule is CCNCC1CCN(S(=O)(=O)NC2CC(OC)C2)CC1. The number of nitrogens with zero attached hydrogens (tertiary/aromatic N) is 1. The van der Waals surface area contributed by atoms with E-state index >= 15 is 0 Å². The Morgan fingerprint density at radius 1 is 1.25 bits per heavy atom. The Balaban J connectivity index is 1.74. The number of hydrogen-bond donors (Lipinski definition) is 2. The molecule has 1 aliphatic carbocycles. The van der Waals surface area contributed by atoms with E-state index in [1.54, 1.807) is 11.4 Å². The Bertz CT molecular complexity index is 388. The summed E-state index contributed by atoms with van der Waals surface area (Å²) >= 11 is 0. The molecule has 1 saturated heterocycles. The highest BCUT2D eigenvalue weighted by molar-refractivity contribution is 7.87. The molecule has 2 rings (SSSR count). The van der Waals surface area contributed by atoms with Gasteiger partial charge in [0, 0.05) is 26.2 Å². The molecule has 1 heterocycles. The lowest BCUT2D eigenvalue weighted by atomic mass is 9.90. The van der Waals surface area contributed by atoms with Gasteiger partial charge >= 0.3 is 0 Å². The van der Waals surface area contributed by atoms with Crippen molar-refractivity contribution in [2.24, 2.45) is 5.92 Å². The highest BCUT2D eigenvalue weighted by atomic mass is 32.2. The van der Waals surface area contributed by atoms with Crippen LogP contribution in [0.25, 0.3) is 0 Å². The highest BCUT2D eigenvalue weighted by Crippen LogP contribution is 2.25. The van der Waals surface area contributed by atoms with Crippen LogP contribution in [0.1, 0.15) is 32.6 Å². The van der Waals surface area contributed by atoms with E-state index in [0.29, 0.717) is 19.0 Å². The largest absolute Gasteiger partial charge is 0.381 e. The molecule has 0 atom stereocenters. The van der Waals surface area contributed by atoms with Crippen LogP contribution in [0.4, 0.5) is 0 Å². The predicted octanol–water partition coefficient (Wildman–Crippen LogP) is 0.320. The number of ether oxygens (including phenoxy) is 1.